The predicted molar refractivity (Wildman–Crippen MR) is 89.5 cm³/mol. The van der Waals surface area contributed by atoms with Crippen LogP contribution >= 0.6 is 11.8 Å². The van der Waals surface area contributed by atoms with Gasteiger partial charge in [-0.05, 0) is 68.4 Å². The van der Waals surface area contributed by atoms with E-state index in [1.54, 1.807) is 0 Å². The average Bonchev–Trinajstić information content (AvgIpc) is 2.50. The Hall–Kier alpha value is -0.870. The Kier molecular flexibility index (Phi) is 4.96. The fraction of sp³-hybridized carbons (Fsp3) is 0.647. The molecule has 3 nitrogen and oxygen atoms in total. The van der Waals surface area contributed by atoms with E-state index in [9.17, 15) is 0 Å². The van der Waals surface area contributed by atoms with E-state index in [4.69, 9.17) is 9.47 Å². The SMILES string of the molecule is CCOc1ccc(NC2CCOC3(CCSCC3)C2)cc1. The van der Waals surface area contributed by atoms with Gasteiger partial charge < -0.3 is 14.8 Å². The molecule has 2 aliphatic heterocycles. The molecule has 4 heteroatoms. The van der Waals surface area contributed by atoms with Crippen molar-refractivity contribution in [1.29, 1.82) is 0 Å². The lowest BCUT2D eigenvalue weighted by Crippen LogP contribution is -2.46. The molecule has 1 aromatic carbocycles. The fourth-order valence-electron chi connectivity index (χ4n) is 3.29. The zero-order chi connectivity index (χ0) is 14.5. The van der Waals surface area contributed by atoms with Gasteiger partial charge in [0.2, 0.25) is 0 Å². The predicted octanol–water partition coefficient (Wildman–Crippen LogP) is 3.94. The Morgan fingerprint density at radius 2 is 2.05 bits per heavy atom. The monoisotopic (exact) mass is 307 g/mol. The number of hydrogen-bond acceptors (Lipinski definition) is 4. The summed E-state index contributed by atoms with van der Waals surface area (Å²) in [6, 6.07) is 8.84. The van der Waals surface area contributed by atoms with Gasteiger partial charge in [0.1, 0.15) is 5.75 Å². The second kappa shape index (κ2) is 6.93. The number of thioether (sulfide) groups is 1. The third-order valence-corrected chi connectivity index (χ3v) is 5.42. The minimum atomic E-state index is 0.145. The van der Waals surface area contributed by atoms with E-state index in [2.05, 4.69) is 29.2 Å². The quantitative estimate of drug-likeness (QED) is 0.912. The van der Waals surface area contributed by atoms with Gasteiger partial charge >= 0.3 is 0 Å². The number of rotatable bonds is 4. The molecule has 116 valence electrons. The molecule has 1 aromatic rings. The van der Waals surface area contributed by atoms with E-state index in [1.807, 2.05) is 19.1 Å². The molecule has 21 heavy (non-hydrogen) atoms. The summed E-state index contributed by atoms with van der Waals surface area (Å²) in [5.74, 6) is 3.43. The van der Waals surface area contributed by atoms with E-state index >= 15 is 0 Å². The van der Waals surface area contributed by atoms with Gasteiger partial charge in [-0.25, -0.2) is 0 Å². The van der Waals surface area contributed by atoms with Crippen molar-refractivity contribution in [2.45, 2.75) is 44.2 Å². The third-order valence-electron chi connectivity index (χ3n) is 4.43. The summed E-state index contributed by atoms with van der Waals surface area (Å²) in [7, 11) is 0. The number of hydrogen-bond donors (Lipinski definition) is 1. The van der Waals surface area contributed by atoms with Crippen LogP contribution in [0, 0.1) is 0 Å². The summed E-state index contributed by atoms with van der Waals surface area (Å²) >= 11 is 2.06. The number of anilines is 1. The fourth-order valence-corrected chi connectivity index (χ4v) is 4.53. The molecular formula is C17H25NO2S. The highest BCUT2D eigenvalue weighted by Gasteiger charge is 2.38. The lowest BCUT2D eigenvalue weighted by atomic mass is 9.85. The molecule has 1 atom stereocenters. The van der Waals surface area contributed by atoms with Gasteiger partial charge in [-0.3, -0.25) is 0 Å². The molecule has 2 heterocycles. The minimum absolute atomic E-state index is 0.145. The van der Waals surface area contributed by atoms with Gasteiger partial charge in [-0.1, -0.05) is 0 Å². The van der Waals surface area contributed by atoms with E-state index in [0.717, 1.165) is 25.2 Å². The average molecular weight is 307 g/mol. The van der Waals surface area contributed by atoms with Gasteiger partial charge in [0.15, 0.2) is 0 Å². The van der Waals surface area contributed by atoms with Gasteiger partial charge in [0, 0.05) is 18.3 Å². The lowest BCUT2D eigenvalue weighted by Gasteiger charge is -2.43. The van der Waals surface area contributed by atoms with E-state index in [-0.39, 0.29) is 5.60 Å². The largest absolute Gasteiger partial charge is 0.494 e. The first kappa shape index (κ1) is 15.0. The molecule has 0 radical (unpaired) electrons. The maximum atomic E-state index is 6.15. The van der Waals surface area contributed by atoms with Crippen LogP contribution in [0.4, 0.5) is 5.69 Å². The standard InChI is InChI=1S/C17H25NO2S/c1-2-19-16-5-3-14(4-6-16)18-15-7-10-20-17(13-15)8-11-21-12-9-17/h3-6,15,18H,2,7-13H2,1H3. The van der Waals surface area contributed by atoms with Crippen molar-refractivity contribution < 1.29 is 9.47 Å². The molecule has 1 N–H and O–H groups in total. The Balaban J connectivity index is 1.59. The van der Waals surface area contributed by atoms with Crippen LogP contribution in [0.15, 0.2) is 24.3 Å². The maximum absolute atomic E-state index is 6.15. The molecule has 3 rings (SSSR count). The highest BCUT2D eigenvalue weighted by Crippen LogP contribution is 2.38. The zero-order valence-electron chi connectivity index (χ0n) is 12.8. The van der Waals surface area contributed by atoms with Crippen molar-refractivity contribution in [3.05, 3.63) is 24.3 Å². The van der Waals surface area contributed by atoms with Gasteiger partial charge in [0.05, 0.1) is 12.2 Å². The van der Waals surface area contributed by atoms with Gasteiger partial charge in [-0.15, -0.1) is 0 Å². The Morgan fingerprint density at radius 1 is 1.29 bits per heavy atom. The first-order chi connectivity index (χ1) is 10.3. The molecule has 2 fully saturated rings. The van der Waals surface area contributed by atoms with Crippen molar-refractivity contribution >= 4 is 17.4 Å². The van der Waals surface area contributed by atoms with Crippen molar-refractivity contribution in [3.8, 4) is 5.75 Å². The van der Waals surface area contributed by atoms with Crippen molar-refractivity contribution in [2.75, 3.05) is 30.0 Å². The molecule has 1 spiro atoms. The molecule has 0 aromatic heterocycles. The molecule has 1 unspecified atom stereocenters. The highest BCUT2D eigenvalue weighted by molar-refractivity contribution is 7.99. The highest BCUT2D eigenvalue weighted by atomic mass is 32.2. The molecule has 2 saturated heterocycles. The van der Waals surface area contributed by atoms with E-state index in [1.165, 1.54) is 30.0 Å². The second-order valence-corrected chi connectivity index (χ2v) is 7.16. The molecule has 0 saturated carbocycles. The van der Waals surface area contributed by atoms with E-state index in [0.29, 0.717) is 12.6 Å². The van der Waals surface area contributed by atoms with Crippen LogP contribution in [0.2, 0.25) is 0 Å². The van der Waals surface area contributed by atoms with Crippen LogP contribution in [-0.4, -0.2) is 36.4 Å². The summed E-state index contributed by atoms with van der Waals surface area (Å²) < 4.78 is 11.6. The van der Waals surface area contributed by atoms with Gasteiger partial charge in [0.25, 0.3) is 0 Å². The molecule has 2 aliphatic rings. The summed E-state index contributed by atoms with van der Waals surface area (Å²) in [6.45, 7) is 3.61. The van der Waals surface area contributed by atoms with Crippen molar-refractivity contribution in [2.24, 2.45) is 0 Å². The van der Waals surface area contributed by atoms with Crippen LogP contribution in [0.25, 0.3) is 0 Å². The lowest BCUT2D eigenvalue weighted by molar-refractivity contribution is -0.0865. The van der Waals surface area contributed by atoms with Gasteiger partial charge in [-0.2, -0.15) is 11.8 Å². The molecular weight excluding hydrogens is 282 g/mol. The number of ether oxygens (including phenoxy) is 2. The van der Waals surface area contributed by atoms with E-state index < -0.39 is 0 Å². The van der Waals surface area contributed by atoms with Crippen LogP contribution < -0.4 is 10.1 Å². The topological polar surface area (TPSA) is 30.5 Å². The number of benzene rings is 1. The third kappa shape index (κ3) is 3.86. The first-order valence-electron chi connectivity index (χ1n) is 8.01. The van der Waals surface area contributed by atoms with Crippen molar-refractivity contribution in [3.63, 3.8) is 0 Å². The smallest absolute Gasteiger partial charge is 0.119 e. The first-order valence-corrected chi connectivity index (χ1v) is 9.16. The normalized spacial score (nSPS) is 24.7. The maximum Gasteiger partial charge on any atom is 0.119 e. The Morgan fingerprint density at radius 3 is 2.76 bits per heavy atom. The van der Waals surface area contributed by atoms with Crippen LogP contribution in [-0.2, 0) is 4.74 Å². The molecule has 0 aliphatic carbocycles. The number of nitrogens with one attached hydrogen (secondary N) is 1. The summed E-state index contributed by atoms with van der Waals surface area (Å²) in [5, 5.41) is 3.68. The van der Waals surface area contributed by atoms with Crippen molar-refractivity contribution in [1.82, 2.24) is 0 Å². The molecule has 0 bridgehead atoms. The van der Waals surface area contributed by atoms with Crippen LogP contribution in [0.5, 0.6) is 5.75 Å². The van der Waals surface area contributed by atoms with Crippen LogP contribution in [0.1, 0.15) is 32.6 Å². The zero-order valence-corrected chi connectivity index (χ0v) is 13.6. The Bertz CT molecular complexity index is 437. The Labute approximate surface area is 131 Å². The summed E-state index contributed by atoms with van der Waals surface area (Å²) in [5.41, 5.74) is 1.33. The summed E-state index contributed by atoms with van der Waals surface area (Å²) in [6.07, 6.45) is 4.65. The summed E-state index contributed by atoms with van der Waals surface area (Å²) in [4.78, 5) is 0. The van der Waals surface area contributed by atoms with Crippen LogP contribution in [0.3, 0.4) is 0 Å². The molecule has 0 amide bonds. The second-order valence-electron chi connectivity index (χ2n) is 5.94. The minimum Gasteiger partial charge on any atom is -0.494 e.